The molecule has 0 radical (unpaired) electrons. The van der Waals surface area contributed by atoms with E-state index in [1.54, 1.807) is 0 Å². The molecular formula is C21H24N2S2. The number of hydrogen-bond acceptors (Lipinski definition) is 2. The van der Waals surface area contributed by atoms with Crippen LogP contribution in [0.1, 0.15) is 11.1 Å². The molecule has 25 heavy (non-hydrogen) atoms. The van der Waals surface area contributed by atoms with Gasteiger partial charge in [0.2, 0.25) is 0 Å². The van der Waals surface area contributed by atoms with Crippen LogP contribution in [-0.4, -0.2) is 46.3 Å². The molecule has 1 heterocycles. The summed E-state index contributed by atoms with van der Waals surface area (Å²) in [5.74, 6) is 0. The molecule has 0 saturated carbocycles. The van der Waals surface area contributed by atoms with E-state index >= 15 is 0 Å². The van der Waals surface area contributed by atoms with Gasteiger partial charge in [0.25, 0.3) is 0 Å². The highest BCUT2D eigenvalue weighted by atomic mass is 32.1. The lowest BCUT2D eigenvalue weighted by Gasteiger charge is -2.41. The summed E-state index contributed by atoms with van der Waals surface area (Å²) < 4.78 is 0.709. The van der Waals surface area contributed by atoms with E-state index in [4.69, 9.17) is 12.2 Å². The lowest BCUT2D eigenvalue weighted by Crippen LogP contribution is -2.54. The number of benzene rings is 2. The van der Waals surface area contributed by atoms with Gasteiger partial charge in [0.05, 0.1) is 0 Å². The van der Waals surface area contributed by atoms with Gasteiger partial charge in [0, 0.05) is 32.2 Å². The van der Waals surface area contributed by atoms with Crippen molar-refractivity contribution in [3.8, 4) is 0 Å². The first kappa shape index (κ1) is 18.2. The third-order valence-electron chi connectivity index (χ3n) is 4.60. The summed E-state index contributed by atoms with van der Waals surface area (Å²) in [6.07, 6.45) is 5.45. The predicted molar refractivity (Wildman–Crippen MR) is 114 cm³/mol. The van der Waals surface area contributed by atoms with Gasteiger partial charge in [-0.05, 0) is 17.5 Å². The van der Waals surface area contributed by atoms with E-state index in [1.165, 1.54) is 11.1 Å². The molecule has 0 spiro atoms. The van der Waals surface area contributed by atoms with Crippen LogP contribution in [0.5, 0.6) is 0 Å². The average molecular weight is 369 g/mol. The Morgan fingerprint density at radius 1 is 1.04 bits per heavy atom. The van der Waals surface area contributed by atoms with E-state index < -0.39 is 0 Å². The highest BCUT2D eigenvalue weighted by Crippen LogP contribution is 2.17. The van der Waals surface area contributed by atoms with Gasteiger partial charge in [-0.3, -0.25) is 4.90 Å². The van der Waals surface area contributed by atoms with Crippen molar-refractivity contribution in [1.82, 2.24) is 9.80 Å². The summed E-state index contributed by atoms with van der Waals surface area (Å²) in [7, 11) is 0. The Balaban J connectivity index is 1.61. The Bertz CT molecular complexity index is 700. The second-order valence-electron chi connectivity index (χ2n) is 6.39. The molecule has 1 fully saturated rings. The minimum absolute atomic E-state index is 0.381. The van der Waals surface area contributed by atoms with Crippen molar-refractivity contribution in [2.24, 2.45) is 0 Å². The number of thiol groups is 1. The Morgan fingerprint density at radius 3 is 2.40 bits per heavy atom. The van der Waals surface area contributed by atoms with Gasteiger partial charge < -0.3 is 4.90 Å². The van der Waals surface area contributed by atoms with E-state index in [1.807, 2.05) is 6.07 Å². The average Bonchev–Trinajstić information content (AvgIpc) is 2.63. The topological polar surface area (TPSA) is 6.48 Å². The van der Waals surface area contributed by atoms with Crippen LogP contribution in [0.25, 0.3) is 6.08 Å². The molecule has 1 saturated heterocycles. The van der Waals surface area contributed by atoms with Crippen molar-refractivity contribution < 1.29 is 0 Å². The molecule has 2 aromatic carbocycles. The first-order valence-corrected chi connectivity index (χ1v) is 9.55. The Kier molecular flexibility index (Phi) is 6.68. The maximum Gasteiger partial charge on any atom is 0.133 e. The van der Waals surface area contributed by atoms with Crippen LogP contribution < -0.4 is 0 Å². The molecule has 1 atom stereocenters. The number of rotatable bonds is 5. The first-order chi connectivity index (χ1) is 12.2. The molecule has 0 aromatic heterocycles. The first-order valence-electron chi connectivity index (χ1n) is 8.70. The van der Waals surface area contributed by atoms with Crippen LogP contribution in [0.3, 0.4) is 0 Å². The SMILES string of the molecule is S=C(S)N1CCN(C/C=C/c2ccccc2)CC1Cc1ccccc1. The van der Waals surface area contributed by atoms with Crippen LogP contribution in [-0.2, 0) is 6.42 Å². The van der Waals surface area contributed by atoms with Gasteiger partial charge in [-0.25, -0.2) is 0 Å². The van der Waals surface area contributed by atoms with Crippen LogP contribution in [0.2, 0.25) is 0 Å². The fourth-order valence-corrected chi connectivity index (χ4v) is 3.80. The zero-order valence-electron chi connectivity index (χ0n) is 14.3. The van der Waals surface area contributed by atoms with E-state index in [9.17, 15) is 0 Å². The summed E-state index contributed by atoms with van der Waals surface area (Å²) in [4.78, 5) is 4.76. The van der Waals surface area contributed by atoms with Crippen molar-refractivity contribution >= 4 is 35.2 Å². The normalized spacial score (nSPS) is 18.6. The van der Waals surface area contributed by atoms with Gasteiger partial charge in [-0.1, -0.05) is 85.0 Å². The zero-order valence-corrected chi connectivity index (χ0v) is 16.0. The van der Waals surface area contributed by atoms with Crippen LogP contribution in [0.4, 0.5) is 0 Å². The van der Waals surface area contributed by atoms with E-state index in [0.29, 0.717) is 10.4 Å². The molecular weight excluding hydrogens is 344 g/mol. The lowest BCUT2D eigenvalue weighted by molar-refractivity contribution is 0.142. The minimum Gasteiger partial charge on any atom is -0.352 e. The Morgan fingerprint density at radius 2 is 1.72 bits per heavy atom. The zero-order chi connectivity index (χ0) is 17.5. The summed E-state index contributed by atoms with van der Waals surface area (Å²) in [5, 5.41) is 0. The van der Waals surface area contributed by atoms with Crippen LogP contribution in [0.15, 0.2) is 66.7 Å². The maximum atomic E-state index is 5.36. The fourth-order valence-electron chi connectivity index (χ4n) is 3.30. The van der Waals surface area contributed by atoms with Crippen molar-refractivity contribution in [2.45, 2.75) is 12.5 Å². The molecule has 1 unspecified atom stereocenters. The molecule has 0 aliphatic carbocycles. The smallest absolute Gasteiger partial charge is 0.133 e. The largest absolute Gasteiger partial charge is 0.352 e. The number of hydrogen-bond donors (Lipinski definition) is 1. The van der Waals surface area contributed by atoms with Gasteiger partial charge in [-0.2, -0.15) is 0 Å². The quantitative estimate of drug-likeness (QED) is 0.626. The van der Waals surface area contributed by atoms with Crippen molar-refractivity contribution in [1.29, 1.82) is 0 Å². The van der Waals surface area contributed by atoms with Crippen LogP contribution in [0, 0.1) is 0 Å². The van der Waals surface area contributed by atoms with Gasteiger partial charge in [-0.15, -0.1) is 12.6 Å². The molecule has 3 rings (SSSR count). The highest BCUT2D eigenvalue weighted by molar-refractivity contribution is 8.10. The van der Waals surface area contributed by atoms with Crippen molar-refractivity contribution in [3.05, 3.63) is 77.9 Å². The third kappa shape index (κ3) is 5.43. The molecule has 1 aliphatic rings. The number of thiocarbonyl (C=S) groups is 1. The predicted octanol–water partition coefficient (Wildman–Crippen LogP) is 4.14. The molecule has 2 aromatic rings. The van der Waals surface area contributed by atoms with Gasteiger partial charge in [0.1, 0.15) is 4.32 Å². The van der Waals surface area contributed by atoms with Gasteiger partial charge >= 0.3 is 0 Å². The summed E-state index contributed by atoms with van der Waals surface area (Å²) in [6.45, 7) is 3.94. The second-order valence-corrected chi connectivity index (χ2v) is 7.51. The van der Waals surface area contributed by atoms with E-state index in [-0.39, 0.29) is 0 Å². The minimum atomic E-state index is 0.381. The molecule has 0 N–H and O–H groups in total. The van der Waals surface area contributed by atoms with Crippen molar-refractivity contribution in [3.63, 3.8) is 0 Å². The summed E-state index contributed by atoms with van der Waals surface area (Å²) in [5.41, 5.74) is 2.60. The Labute approximate surface area is 161 Å². The van der Waals surface area contributed by atoms with Crippen LogP contribution >= 0.6 is 24.8 Å². The van der Waals surface area contributed by atoms with Gasteiger partial charge in [0.15, 0.2) is 0 Å². The lowest BCUT2D eigenvalue weighted by atomic mass is 10.0. The molecule has 0 bridgehead atoms. The van der Waals surface area contributed by atoms with E-state index in [2.05, 4.69) is 89.2 Å². The number of nitrogens with zero attached hydrogens (tertiary/aromatic N) is 2. The standard InChI is InChI=1S/C21H24N2S2/c24-21(25)23-15-14-22(13-7-12-18-8-3-1-4-9-18)17-20(23)16-19-10-5-2-6-11-19/h1-12,20H,13-17H2,(H,24,25)/b12-7+. The highest BCUT2D eigenvalue weighted by Gasteiger charge is 2.27. The molecule has 0 amide bonds. The second kappa shape index (κ2) is 9.18. The maximum absolute atomic E-state index is 5.36. The fraction of sp³-hybridized carbons (Fsp3) is 0.286. The molecule has 130 valence electrons. The van der Waals surface area contributed by atoms with Crippen molar-refractivity contribution in [2.75, 3.05) is 26.2 Å². The monoisotopic (exact) mass is 368 g/mol. The molecule has 2 nitrogen and oxygen atoms in total. The van der Waals surface area contributed by atoms with E-state index in [0.717, 1.165) is 32.6 Å². The summed E-state index contributed by atoms with van der Waals surface area (Å²) >= 11 is 9.80. The molecule has 1 aliphatic heterocycles. The number of piperazine rings is 1. The summed E-state index contributed by atoms with van der Waals surface area (Å²) in [6, 6.07) is 21.5. The third-order valence-corrected chi connectivity index (χ3v) is 5.09. The molecule has 4 heteroatoms. The Hall–Kier alpha value is -1.62.